The summed E-state index contributed by atoms with van der Waals surface area (Å²) in [7, 11) is 0. The van der Waals surface area contributed by atoms with E-state index in [2.05, 4.69) is 22.3 Å². The topological polar surface area (TPSA) is 78.3 Å². The average molecular weight is 285 g/mol. The Morgan fingerprint density at radius 2 is 1.14 bits per heavy atom. The summed E-state index contributed by atoms with van der Waals surface area (Å²) in [6.45, 7) is 0. The Morgan fingerprint density at radius 3 is 1.50 bits per heavy atom. The van der Waals surface area contributed by atoms with Crippen LogP contribution in [0.4, 0.5) is 0 Å². The molecule has 0 bridgehead atoms. The fourth-order valence-electron chi connectivity index (χ4n) is 2.36. The number of hydrogen-bond donors (Lipinski definition) is 0. The molecule has 22 heavy (non-hydrogen) atoms. The van der Waals surface area contributed by atoms with Gasteiger partial charge in [-0.05, 0) is 35.4 Å². The van der Waals surface area contributed by atoms with Crippen LogP contribution < -0.4 is 0 Å². The van der Waals surface area contributed by atoms with Crippen LogP contribution >= 0.6 is 0 Å². The van der Waals surface area contributed by atoms with Crippen LogP contribution in [0.25, 0.3) is 0 Å². The highest BCUT2D eigenvalue weighted by Gasteiger charge is 2.16. The van der Waals surface area contributed by atoms with Gasteiger partial charge in [0.15, 0.2) is 0 Å². The fourth-order valence-corrected chi connectivity index (χ4v) is 2.36. The second kappa shape index (κ2) is 5.90. The van der Waals surface area contributed by atoms with Gasteiger partial charge in [-0.2, -0.15) is 10.5 Å². The Labute approximate surface area is 127 Å². The van der Waals surface area contributed by atoms with Gasteiger partial charge in [0.05, 0.1) is 29.3 Å². The van der Waals surface area contributed by atoms with Gasteiger partial charge in [0.25, 0.3) is 0 Å². The minimum absolute atomic E-state index is 0.101. The number of benzene rings is 2. The summed E-state index contributed by atoms with van der Waals surface area (Å²) in [5.74, 6) is 0. The summed E-state index contributed by atoms with van der Waals surface area (Å²) in [5.41, 5.74) is 3.27. The van der Waals surface area contributed by atoms with E-state index in [0.717, 1.165) is 11.1 Å². The van der Waals surface area contributed by atoms with Crippen LogP contribution in [0.1, 0.15) is 28.3 Å². The number of rotatable bonds is 3. The predicted molar refractivity (Wildman–Crippen MR) is 79.6 cm³/mol. The van der Waals surface area contributed by atoms with Crippen molar-refractivity contribution in [1.82, 2.24) is 14.8 Å². The molecule has 0 amide bonds. The number of hydrogen-bond acceptors (Lipinski definition) is 4. The highest BCUT2D eigenvalue weighted by molar-refractivity contribution is 5.40. The molecule has 5 nitrogen and oxygen atoms in total. The van der Waals surface area contributed by atoms with Crippen molar-refractivity contribution in [2.24, 2.45) is 0 Å². The molecule has 0 saturated carbocycles. The summed E-state index contributed by atoms with van der Waals surface area (Å²) in [6.07, 6.45) is 3.31. The van der Waals surface area contributed by atoms with Gasteiger partial charge < -0.3 is 4.57 Å². The van der Waals surface area contributed by atoms with Crippen molar-refractivity contribution in [3.63, 3.8) is 0 Å². The monoisotopic (exact) mass is 285 g/mol. The van der Waals surface area contributed by atoms with Gasteiger partial charge in [-0.1, -0.05) is 24.3 Å². The Bertz CT molecular complexity index is 777. The smallest absolute Gasteiger partial charge is 0.120 e. The van der Waals surface area contributed by atoms with Crippen LogP contribution in [0.5, 0.6) is 0 Å². The molecule has 0 N–H and O–H groups in total. The molecule has 0 aliphatic rings. The zero-order valence-electron chi connectivity index (χ0n) is 11.6. The summed E-state index contributed by atoms with van der Waals surface area (Å²) >= 11 is 0. The molecule has 1 aromatic heterocycles. The minimum atomic E-state index is -0.101. The number of aromatic nitrogens is 3. The van der Waals surface area contributed by atoms with Gasteiger partial charge in [-0.15, -0.1) is 10.2 Å². The van der Waals surface area contributed by atoms with Gasteiger partial charge in [0, 0.05) is 0 Å². The lowest BCUT2D eigenvalue weighted by molar-refractivity contribution is 0.674. The van der Waals surface area contributed by atoms with Gasteiger partial charge in [0.1, 0.15) is 12.7 Å². The van der Waals surface area contributed by atoms with Gasteiger partial charge >= 0.3 is 0 Å². The molecule has 0 fully saturated rings. The third-order valence-electron chi connectivity index (χ3n) is 3.45. The molecule has 0 unspecified atom stereocenters. The first-order valence-corrected chi connectivity index (χ1v) is 6.66. The molecule has 0 spiro atoms. The van der Waals surface area contributed by atoms with E-state index in [9.17, 15) is 0 Å². The zero-order chi connectivity index (χ0) is 15.4. The van der Waals surface area contributed by atoms with Crippen LogP contribution in [0.3, 0.4) is 0 Å². The zero-order valence-corrected chi connectivity index (χ0v) is 11.6. The van der Waals surface area contributed by atoms with Crippen molar-refractivity contribution < 1.29 is 0 Å². The first kappa shape index (κ1) is 13.5. The number of nitriles is 2. The lowest BCUT2D eigenvalue weighted by atomic mass is 9.97. The largest absolute Gasteiger partial charge is 0.308 e. The minimum Gasteiger partial charge on any atom is -0.308 e. The van der Waals surface area contributed by atoms with Crippen LogP contribution in [0.15, 0.2) is 61.2 Å². The molecule has 0 saturated heterocycles. The van der Waals surface area contributed by atoms with E-state index in [-0.39, 0.29) is 6.04 Å². The van der Waals surface area contributed by atoms with Crippen molar-refractivity contribution in [2.45, 2.75) is 6.04 Å². The summed E-state index contributed by atoms with van der Waals surface area (Å²) in [6, 6.07) is 19.0. The van der Waals surface area contributed by atoms with Crippen molar-refractivity contribution >= 4 is 0 Å². The van der Waals surface area contributed by atoms with Crippen molar-refractivity contribution in [3.8, 4) is 12.1 Å². The van der Waals surface area contributed by atoms with Crippen LogP contribution in [-0.4, -0.2) is 14.8 Å². The molecular weight excluding hydrogens is 274 g/mol. The maximum absolute atomic E-state index is 8.92. The molecule has 0 aliphatic heterocycles. The van der Waals surface area contributed by atoms with E-state index in [4.69, 9.17) is 10.5 Å². The van der Waals surface area contributed by atoms with E-state index in [0.29, 0.717) is 11.1 Å². The van der Waals surface area contributed by atoms with Crippen LogP contribution in [-0.2, 0) is 0 Å². The highest BCUT2D eigenvalue weighted by Crippen LogP contribution is 2.26. The number of nitrogens with zero attached hydrogens (tertiary/aromatic N) is 5. The van der Waals surface area contributed by atoms with Crippen molar-refractivity contribution in [3.05, 3.63) is 83.4 Å². The Morgan fingerprint density at radius 1 is 0.727 bits per heavy atom. The Balaban J connectivity index is 2.07. The summed E-state index contributed by atoms with van der Waals surface area (Å²) < 4.78 is 1.89. The molecule has 1 heterocycles. The van der Waals surface area contributed by atoms with Crippen LogP contribution in [0, 0.1) is 22.7 Å². The van der Waals surface area contributed by atoms with Gasteiger partial charge in [-0.25, -0.2) is 0 Å². The lowest BCUT2D eigenvalue weighted by Gasteiger charge is -2.19. The molecule has 104 valence electrons. The predicted octanol–water partition coefficient (Wildman–Crippen LogP) is 2.66. The molecule has 0 atom stereocenters. The summed E-state index contributed by atoms with van der Waals surface area (Å²) in [4.78, 5) is 0. The molecule has 3 aromatic rings. The summed E-state index contributed by atoms with van der Waals surface area (Å²) in [5, 5.41) is 25.6. The third-order valence-corrected chi connectivity index (χ3v) is 3.45. The maximum Gasteiger partial charge on any atom is 0.120 e. The molecule has 0 radical (unpaired) electrons. The molecular formula is C17H11N5. The second-order valence-corrected chi connectivity index (χ2v) is 4.78. The first-order valence-electron chi connectivity index (χ1n) is 6.66. The van der Waals surface area contributed by atoms with E-state index in [1.54, 1.807) is 36.9 Å². The van der Waals surface area contributed by atoms with Crippen LogP contribution in [0.2, 0.25) is 0 Å². The van der Waals surface area contributed by atoms with E-state index in [1.807, 2.05) is 28.8 Å². The molecule has 2 aromatic carbocycles. The Kier molecular flexibility index (Phi) is 3.63. The third kappa shape index (κ3) is 2.56. The van der Waals surface area contributed by atoms with E-state index < -0.39 is 0 Å². The van der Waals surface area contributed by atoms with E-state index >= 15 is 0 Å². The normalized spacial score (nSPS) is 10.1. The van der Waals surface area contributed by atoms with Crippen molar-refractivity contribution in [1.29, 1.82) is 10.5 Å². The first-order chi connectivity index (χ1) is 10.8. The SMILES string of the molecule is N#Cc1ccc(C(c2ccc(C#N)cc2)n2cnnc2)cc1. The Hall–Kier alpha value is -3.44. The van der Waals surface area contributed by atoms with Gasteiger partial charge in [0.2, 0.25) is 0 Å². The highest BCUT2D eigenvalue weighted by atomic mass is 15.2. The maximum atomic E-state index is 8.92. The standard InChI is InChI=1S/C17H11N5/c18-9-13-1-5-15(6-2-13)17(22-11-20-21-12-22)16-7-3-14(10-19)4-8-16/h1-8,11-12,17H. The average Bonchev–Trinajstić information content (AvgIpc) is 3.10. The molecule has 5 heteroatoms. The van der Waals surface area contributed by atoms with Gasteiger partial charge in [-0.3, -0.25) is 0 Å². The molecule has 3 rings (SSSR count). The molecule has 0 aliphatic carbocycles. The van der Waals surface area contributed by atoms with Crippen molar-refractivity contribution in [2.75, 3.05) is 0 Å². The fraction of sp³-hybridized carbons (Fsp3) is 0.0588. The second-order valence-electron chi connectivity index (χ2n) is 4.78. The lowest BCUT2D eigenvalue weighted by Crippen LogP contribution is -2.10. The van der Waals surface area contributed by atoms with E-state index in [1.165, 1.54) is 0 Å². The quantitative estimate of drug-likeness (QED) is 0.741.